The Kier molecular flexibility index (Phi) is 9.97. The summed E-state index contributed by atoms with van der Waals surface area (Å²) in [7, 11) is 1.57. The molecule has 4 atom stereocenters. The first-order valence-electron chi connectivity index (χ1n) is 16.4. The summed E-state index contributed by atoms with van der Waals surface area (Å²) in [4.78, 5) is 20.7. The maximum absolute atomic E-state index is 13.8. The van der Waals surface area contributed by atoms with E-state index in [1.165, 1.54) is 19.3 Å². The van der Waals surface area contributed by atoms with Crippen molar-refractivity contribution in [3.63, 3.8) is 0 Å². The van der Waals surface area contributed by atoms with Gasteiger partial charge >= 0.3 is 0 Å². The Bertz CT molecular complexity index is 1460. The van der Waals surface area contributed by atoms with E-state index in [9.17, 15) is 9.90 Å². The second-order valence-electron chi connectivity index (χ2n) is 13.1. The number of anilines is 1. The molecular weight excluding hydrogens is 632 g/mol. The van der Waals surface area contributed by atoms with E-state index >= 15 is 0 Å². The van der Waals surface area contributed by atoms with Crippen molar-refractivity contribution in [1.29, 1.82) is 0 Å². The summed E-state index contributed by atoms with van der Waals surface area (Å²) in [5.41, 5.74) is 2.45. The van der Waals surface area contributed by atoms with E-state index in [1.807, 2.05) is 48.5 Å². The minimum absolute atomic E-state index is 0.0334. The number of fused-ring (bicyclic) bond motifs is 1. The van der Waals surface area contributed by atoms with Crippen LogP contribution in [-0.4, -0.2) is 60.5 Å². The Balaban J connectivity index is 1.21. The molecule has 1 aliphatic carbocycles. The zero-order valence-corrected chi connectivity index (χ0v) is 27.9. The van der Waals surface area contributed by atoms with Gasteiger partial charge in [0.25, 0.3) is 5.91 Å². The van der Waals surface area contributed by atoms with E-state index in [0.717, 1.165) is 65.9 Å². The molecule has 0 bridgehead atoms. The molecule has 2 aromatic carbocycles. The fraction of sp³-hybridized carbons (Fsp3) is 0.500. The number of amides is 1. The molecule has 1 amide bonds. The second-order valence-corrected chi connectivity index (χ2v) is 14.0. The molecule has 3 heterocycles. The van der Waals surface area contributed by atoms with E-state index in [0.29, 0.717) is 30.3 Å². The fourth-order valence-electron chi connectivity index (χ4n) is 7.24. The van der Waals surface area contributed by atoms with Gasteiger partial charge in [0.15, 0.2) is 0 Å². The summed E-state index contributed by atoms with van der Waals surface area (Å²) in [6.07, 6.45) is 7.23. The summed E-state index contributed by atoms with van der Waals surface area (Å²) in [5.74, 6) is 2.38. The zero-order chi connectivity index (χ0) is 31.4. The van der Waals surface area contributed by atoms with Crippen molar-refractivity contribution in [1.82, 2.24) is 15.6 Å². The Morgan fingerprint density at radius 1 is 1.16 bits per heavy atom. The van der Waals surface area contributed by atoms with Gasteiger partial charge in [-0.1, -0.05) is 53.2 Å². The number of carbonyl (C=O) groups is 1. The molecule has 6 rings (SSSR count). The van der Waals surface area contributed by atoms with Crippen molar-refractivity contribution in [3.8, 4) is 11.6 Å². The van der Waals surface area contributed by atoms with Gasteiger partial charge in [-0.25, -0.2) is 0 Å². The van der Waals surface area contributed by atoms with Crippen LogP contribution in [0.25, 0.3) is 0 Å². The molecule has 8 nitrogen and oxygen atoms in total. The van der Waals surface area contributed by atoms with Gasteiger partial charge < -0.3 is 30.1 Å². The van der Waals surface area contributed by atoms with Crippen molar-refractivity contribution in [2.45, 2.75) is 82.1 Å². The van der Waals surface area contributed by atoms with E-state index < -0.39 is 12.1 Å². The fourth-order valence-corrected chi connectivity index (χ4v) is 7.62. The third-order valence-electron chi connectivity index (χ3n) is 9.66. The minimum atomic E-state index is -0.835. The number of rotatable bonds is 10. The number of halogens is 1. The third-order valence-corrected chi connectivity index (χ3v) is 10.2. The molecule has 240 valence electrons. The number of ether oxygens (including phenoxy) is 2. The van der Waals surface area contributed by atoms with Crippen LogP contribution in [0.1, 0.15) is 79.4 Å². The highest BCUT2D eigenvalue weighted by atomic mass is 79.9. The first-order chi connectivity index (χ1) is 21.8. The summed E-state index contributed by atoms with van der Waals surface area (Å²) in [5, 5.41) is 18.5. The SMILES string of the molecule is COc1cc(C(=O)N[C@@H](Cc2ccccc2)[C@H](O)CN[C@H]2CC3(CCCC3)Oc3ccc(Br)cc32)cc(N2CCC[C@@H](C)C2)n1. The molecule has 0 unspecified atom stereocenters. The molecule has 1 saturated carbocycles. The average Bonchev–Trinajstić information content (AvgIpc) is 3.50. The van der Waals surface area contributed by atoms with E-state index in [4.69, 9.17) is 9.47 Å². The minimum Gasteiger partial charge on any atom is -0.487 e. The molecule has 2 fully saturated rings. The van der Waals surface area contributed by atoms with Gasteiger partial charge in [0.2, 0.25) is 5.88 Å². The number of carbonyl (C=O) groups excluding carboxylic acids is 1. The van der Waals surface area contributed by atoms with Crippen LogP contribution in [0.2, 0.25) is 0 Å². The van der Waals surface area contributed by atoms with Crippen LogP contribution >= 0.6 is 15.9 Å². The third kappa shape index (κ3) is 7.64. The number of benzene rings is 2. The molecule has 1 spiro atoms. The van der Waals surface area contributed by atoms with Crippen molar-refractivity contribution < 1.29 is 19.4 Å². The number of nitrogens with zero attached hydrogens (tertiary/aromatic N) is 2. The Morgan fingerprint density at radius 3 is 2.71 bits per heavy atom. The van der Waals surface area contributed by atoms with Gasteiger partial charge in [-0.2, -0.15) is 4.98 Å². The number of hydrogen-bond donors (Lipinski definition) is 3. The van der Waals surface area contributed by atoms with Gasteiger partial charge in [-0.05, 0) is 80.7 Å². The van der Waals surface area contributed by atoms with Crippen molar-refractivity contribution >= 4 is 27.7 Å². The molecular formula is C36H45BrN4O4. The predicted molar refractivity (Wildman–Crippen MR) is 180 cm³/mol. The molecule has 0 radical (unpaired) electrons. The standard InChI is InChI=1S/C36H45BrN4O4/c1-24-9-8-16-41(23-24)33-18-26(19-34(40-33)44-2)35(43)39-29(17-25-10-4-3-5-11-25)31(42)22-38-30-21-36(14-6-7-15-36)45-32-13-12-27(37)20-28(30)32/h3-5,10-13,18-20,24,29-31,38,42H,6-9,14-17,21-23H2,1-2H3,(H,39,43)/t24-,29+,30+,31-/m1/s1. The summed E-state index contributed by atoms with van der Waals surface area (Å²) >= 11 is 3.63. The average molecular weight is 678 g/mol. The van der Waals surface area contributed by atoms with Crippen molar-refractivity contribution in [2.24, 2.45) is 5.92 Å². The highest BCUT2D eigenvalue weighted by molar-refractivity contribution is 9.10. The van der Waals surface area contributed by atoms with Crippen LogP contribution < -0.4 is 25.0 Å². The number of piperidine rings is 1. The number of aliphatic hydroxyl groups excluding tert-OH is 1. The lowest BCUT2D eigenvalue weighted by Gasteiger charge is -2.41. The van der Waals surface area contributed by atoms with Crippen molar-refractivity contribution in [3.05, 3.63) is 81.8 Å². The van der Waals surface area contributed by atoms with Gasteiger partial charge in [0.1, 0.15) is 17.2 Å². The highest BCUT2D eigenvalue weighted by Crippen LogP contribution is 2.47. The van der Waals surface area contributed by atoms with Crippen molar-refractivity contribution in [2.75, 3.05) is 31.6 Å². The topological polar surface area (TPSA) is 96.0 Å². The van der Waals surface area contributed by atoms with Crippen LogP contribution in [0.5, 0.6) is 11.6 Å². The Morgan fingerprint density at radius 2 is 1.96 bits per heavy atom. The molecule has 3 aliphatic rings. The lowest BCUT2D eigenvalue weighted by molar-refractivity contribution is 0.0326. The van der Waals surface area contributed by atoms with Crippen LogP contribution in [0, 0.1) is 5.92 Å². The summed E-state index contributed by atoms with van der Waals surface area (Å²) < 4.78 is 13.1. The van der Waals surface area contributed by atoms with E-state index in [2.05, 4.69) is 49.4 Å². The zero-order valence-electron chi connectivity index (χ0n) is 26.3. The molecule has 2 aliphatic heterocycles. The lowest BCUT2D eigenvalue weighted by Crippen LogP contribution is -2.50. The first-order valence-corrected chi connectivity index (χ1v) is 17.2. The number of hydrogen-bond acceptors (Lipinski definition) is 7. The molecule has 9 heteroatoms. The van der Waals surface area contributed by atoms with Gasteiger partial charge in [-0.3, -0.25) is 4.79 Å². The number of nitrogens with one attached hydrogen (secondary N) is 2. The maximum Gasteiger partial charge on any atom is 0.251 e. The normalized spacial score (nSPS) is 21.9. The maximum atomic E-state index is 13.8. The first kappa shape index (κ1) is 31.8. The molecule has 45 heavy (non-hydrogen) atoms. The smallest absolute Gasteiger partial charge is 0.251 e. The molecule has 3 aromatic rings. The number of methoxy groups -OCH3 is 1. The molecule has 1 aromatic heterocycles. The highest BCUT2D eigenvalue weighted by Gasteiger charge is 2.43. The largest absolute Gasteiger partial charge is 0.487 e. The van der Waals surface area contributed by atoms with Crippen LogP contribution in [0.15, 0.2) is 65.1 Å². The van der Waals surface area contributed by atoms with Gasteiger partial charge in [0.05, 0.1) is 19.3 Å². The lowest BCUT2D eigenvalue weighted by atomic mass is 9.85. The van der Waals surface area contributed by atoms with Gasteiger partial charge in [0, 0.05) is 53.8 Å². The van der Waals surface area contributed by atoms with Gasteiger partial charge in [-0.15, -0.1) is 0 Å². The van der Waals surface area contributed by atoms with E-state index in [1.54, 1.807) is 13.2 Å². The quantitative estimate of drug-likeness (QED) is 0.235. The van der Waals surface area contributed by atoms with Crippen LogP contribution in [0.3, 0.4) is 0 Å². The van der Waals surface area contributed by atoms with Crippen LogP contribution in [-0.2, 0) is 6.42 Å². The monoisotopic (exact) mass is 676 g/mol. The number of pyridine rings is 1. The van der Waals surface area contributed by atoms with Crippen LogP contribution in [0.4, 0.5) is 5.82 Å². The predicted octanol–water partition coefficient (Wildman–Crippen LogP) is 6.22. The second kappa shape index (κ2) is 14.1. The Hall–Kier alpha value is -3.14. The Labute approximate surface area is 275 Å². The molecule has 1 saturated heterocycles. The molecule has 3 N–H and O–H groups in total. The summed E-state index contributed by atoms with van der Waals surface area (Å²) in [6.45, 7) is 4.37. The number of aromatic nitrogens is 1. The van der Waals surface area contributed by atoms with E-state index in [-0.39, 0.29) is 17.6 Å². The summed E-state index contributed by atoms with van der Waals surface area (Å²) in [6, 6.07) is 19.2. The number of aliphatic hydroxyl groups is 1.